The molecular weight excluding hydrogens is 304 g/mol. The molecule has 1 N–H and O–H groups in total. The van der Waals surface area contributed by atoms with Crippen molar-refractivity contribution in [2.75, 3.05) is 6.61 Å². The molecule has 0 aromatic heterocycles. The third kappa shape index (κ3) is 4.29. The van der Waals surface area contributed by atoms with Crippen molar-refractivity contribution in [3.63, 3.8) is 0 Å². The van der Waals surface area contributed by atoms with Crippen LogP contribution in [0.4, 0.5) is 0 Å². The number of ether oxygens (including phenoxy) is 1. The molecule has 2 fully saturated rings. The largest absolute Gasteiger partial charge is 0.353 e. The molecule has 1 saturated carbocycles. The maximum atomic E-state index is 13.1. The zero-order valence-corrected chi connectivity index (χ0v) is 16.1. The number of hydrogen-bond donors (Lipinski definition) is 1. The number of amides is 2. The van der Waals surface area contributed by atoms with Gasteiger partial charge in [-0.25, -0.2) is 0 Å². The molecule has 0 aromatic rings. The SMILES string of the molecule is CC1CCC2(CC1)OCC(C(=O)NC(C)C)N2C(=O)CC(C)(C)C. The minimum absolute atomic E-state index is 0.0402. The highest BCUT2D eigenvalue weighted by Gasteiger charge is 2.53. The van der Waals surface area contributed by atoms with E-state index in [2.05, 4.69) is 33.0 Å². The van der Waals surface area contributed by atoms with E-state index < -0.39 is 11.8 Å². The van der Waals surface area contributed by atoms with E-state index in [1.165, 1.54) is 0 Å². The van der Waals surface area contributed by atoms with Gasteiger partial charge in [0.05, 0.1) is 6.61 Å². The van der Waals surface area contributed by atoms with E-state index in [0.717, 1.165) is 25.7 Å². The molecule has 24 heavy (non-hydrogen) atoms. The van der Waals surface area contributed by atoms with Gasteiger partial charge in [-0.15, -0.1) is 0 Å². The van der Waals surface area contributed by atoms with E-state index in [-0.39, 0.29) is 23.3 Å². The standard InChI is InChI=1S/C19H34N2O3/c1-13(2)20-17(23)15-12-24-19(9-7-14(3)8-10-19)21(15)16(22)11-18(4,5)6/h13-15H,7-12H2,1-6H3,(H,20,23). The summed E-state index contributed by atoms with van der Waals surface area (Å²) in [5.74, 6) is 0.601. The molecule has 1 aliphatic heterocycles. The maximum Gasteiger partial charge on any atom is 0.245 e. The van der Waals surface area contributed by atoms with Crippen molar-refractivity contribution in [3.8, 4) is 0 Å². The molecule has 1 spiro atoms. The van der Waals surface area contributed by atoms with Gasteiger partial charge >= 0.3 is 0 Å². The van der Waals surface area contributed by atoms with E-state index >= 15 is 0 Å². The summed E-state index contributed by atoms with van der Waals surface area (Å²) < 4.78 is 6.14. The summed E-state index contributed by atoms with van der Waals surface area (Å²) in [5.41, 5.74) is -0.685. The van der Waals surface area contributed by atoms with Crippen LogP contribution in [0.2, 0.25) is 0 Å². The van der Waals surface area contributed by atoms with Crippen molar-refractivity contribution >= 4 is 11.8 Å². The predicted molar refractivity (Wildman–Crippen MR) is 94.3 cm³/mol. The van der Waals surface area contributed by atoms with Crippen LogP contribution in [0.15, 0.2) is 0 Å². The average Bonchev–Trinajstić information content (AvgIpc) is 2.79. The van der Waals surface area contributed by atoms with Crippen molar-refractivity contribution in [3.05, 3.63) is 0 Å². The Hall–Kier alpha value is -1.10. The number of rotatable bonds is 3. The number of hydrogen-bond acceptors (Lipinski definition) is 3. The molecule has 5 heteroatoms. The average molecular weight is 338 g/mol. The van der Waals surface area contributed by atoms with E-state index in [1.807, 2.05) is 13.8 Å². The molecular formula is C19H34N2O3. The van der Waals surface area contributed by atoms with Gasteiger partial charge in [0.15, 0.2) is 0 Å². The third-order valence-electron chi connectivity index (χ3n) is 5.00. The highest BCUT2D eigenvalue weighted by atomic mass is 16.5. The Labute approximate surface area is 146 Å². The summed E-state index contributed by atoms with van der Waals surface area (Å²) in [7, 11) is 0. The van der Waals surface area contributed by atoms with Crippen molar-refractivity contribution in [2.24, 2.45) is 11.3 Å². The summed E-state index contributed by atoms with van der Waals surface area (Å²) >= 11 is 0. The monoisotopic (exact) mass is 338 g/mol. The van der Waals surface area contributed by atoms with Crippen molar-refractivity contribution < 1.29 is 14.3 Å². The summed E-state index contributed by atoms with van der Waals surface area (Å²) in [5, 5.41) is 2.95. The van der Waals surface area contributed by atoms with E-state index in [1.54, 1.807) is 4.90 Å². The molecule has 138 valence electrons. The van der Waals surface area contributed by atoms with Crippen LogP contribution in [-0.4, -0.2) is 41.1 Å². The molecule has 0 aromatic carbocycles. The van der Waals surface area contributed by atoms with E-state index in [4.69, 9.17) is 4.74 Å². The fourth-order valence-electron chi connectivity index (χ4n) is 3.77. The Bertz CT molecular complexity index is 473. The Morgan fingerprint density at radius 2 is 1.83 bits per heavy atom. The maximum absolute atomic E-state index is 13.1. The molecule has 5 nitrogen and oxygen atoms in total. The van der Waals surface area contributed by atoms with Crippen LogP contribution in [0.25, 0.3) is 0 Å². The lowest BCUT2D eigenvalue weighted by atomic mass is 9.82. The topological polar surface area (TPSA) is 58.6 Å². The molecule has 2 rings (SSSR count). The van der Waals surface area contributed by atoms with Gasteiger partial charge in [-0.05, 0) is 50.9 Å². The van der Waals surface area contributed by atoms with Gasteiger partial charge in [-0.2, -0.15) is 0 Å². The van der Waals surface area contributed by atoms with Gasteiger partial charge in [0.2, 0.25) is 11.8 Å². The number of carbonyl (C=O) groups excluding carboxylic acids is 2. The molecule has 2 aliphatic rings. The van der Waals surface area contributed by atoms with E-state index in [0.29, 0.717) is 18.9 Å². The second kappa shape index (κ2) is 7.03. The van der Waals surface area contributed by atoms with Crippen LogP contribution in [0, 0.1) is 11.3 Å². The second-order valence-corrected chi connectivity index (χ2v) is 9.12. The first-order chi connectivity index (χ1) is 11.0. The summed E-state index contributed by atoms with van der Waals surface area (Å²) in [6.45, 7) is 12.6. The second-order valence-electron chi connectivity index (χ2n) is 9.12. The lowest BCUT2D eigenvalue weighted by Crippen LogP contribution is -2.57. The molecule has 1 heterocycles. The molecule has 2 amide bonds. The fraction of sp³-hybridized carbons (Fsp3) is 0.895. The molecule has 0 bridgehead atoms. The first-order valence-corrected chi connectivity index (χ1v) is 9.30. The molecule has 1 saturated heterocycles. The minimum atomic E-state index is -0.576. The van der Waals surface area contributed by atoms with Crippen LogP contribution < -0.4 is 5.32 Å². The lowest BCUT2D eigenvalue weighted by Gasteiger charge is -2.43. The number of carbonyl (C=O) groups is 2. The highest BCUT2D eigenvalue weighted by molar-refractivity contribution is 5.89. The van der Waals surface area contributed by atoms with Gasteiger partial charge in [0, 0.05) is 12.5 Å². The number of nitrogens with zero attached hydrogens (tertiary/aromatic N) is 1. The molecule has 1 unspecified atom stereocenters. The zero-order valence-electron chi connectivity index (χ0n) is 16.1. The van der Waals surface area contributed by atoms with Crippen molar-refractivity contribution in [2.45, 2.75) is 91.5 Å². The third-order valence-corrected chi connectivity index (χ3v) is 5.00. The minimum Gasteiger partial charge on any atom is -0.353 e. The molecule has 0 radical (unpaired) electrons. The van der Waals surface area contributed by atoms with Crippen LogP contribution in [0.1, 0.15) is 73.6 Å². The molecule has 1 atom stereocenters. The first-order valence-electron chi connectivity index (χ1n) is 9.30. The fourth-order valence-corrected chi connectivity index (χ4v) is 3.77. The van der Waals surface area contributed by atoms with Gasteiger partial charge in [-0.3, -0.25) is 14.5 Å². The quantitative estimate of drug-likeness (QED) is 0.860. The Kier molecular flexibility index (Phi) is 5.63. The van der Waals surface area contributed by atoms with Gasteiger partial charge < -0.3 is 10.1 Å². The van der Waals surface area contributed by atoms with Crippen LogP contribution in [-0.2, 0) is 14.3 Å². The van der Waals surface area contributed by atoms with E-state index in [9.17, 15) is 9.59 Å². The Morgan fingerprint density at radius 1 is 1.25 bits per heavy atom. The smallest absolute Gasteiger partial charge is 0.245 e. The van der Waals surface area contributed by atoms with Crippen LogP contribution in [0.5, 0.6) is 0 Å². The normalized spacial score (nSPS) is 30.9. The Morgan fingerprint density at radius 3 is 2.33 bits per heavy atom. The summed E-state index contributed by atoms with van der Waals surface area (Å²) in [6.07, 6.45) is 4.17. The van der Waals surface area contributed by atoms with Crippen LogP contribution >= 0.6 is 0 Å². The van der Waals surface area contributed by atoms with Crippen molar-refractivity contribution in [1.29, 1.82) is 0 Å². The van der Waals surface area contributed by atoms with Gasteiger partial charge in [0.1, 0.15) is 11.8 Å². The zero-order chi connectivity index (χ0) is 18.1. The Balaban J connectivity index is 2.25. The number of nitrogens with one attached hydrogen (secondary N) is 1. The van der Waals surface area contributed by atoms with Crippen molar-refractivity contribution in [1.82, 2.24) is 10.2 Å². The highest BCUT2D eigenvalue weighted by Crippen LogP contribution is 2.43. The lowest BCUT2D eigenvalue weighted by molar-refractivity contribution is -0.163. The first kappa shape index (κ1) is 19.2. The summed E-state index contributed by atoms with van der Waals surface area (Å²) in [6, 6.07) is -0.448. The predicted octanol–water partition coefficient (Wildman–Crippen LogP) is 3.08. The molecule has 1 aliphatic carbocycles. The van der Waals surface area contributed by atoms with Gasteiger partial charge in [-0.1, -0.05) is 27.7 Å². The van der Waals surface area contributed by atoms with Gasteiger partial charge in [0.25, 0.3) is 0 Å². The van der Waals surface area contributed by atoms with Crippen LogP contribution in [0.3, 0.4) is 0 Å². The summed E-state index contributed by atoms with van der Waals surface area (Å²) in [4.78, 5) is 27.5.